The highest BCUT2D eigenvalue weighted by Gasteiger charge is 2.31. The molecule has 0 aliphatic heterocycles. The van der Waals surface area contributed by atoms with Gasteiger partial charge in [-0.15, -0.1) is 0 Å². The van der Waals surface area contributed by atoms with Gasteiger partial charge in [-0.05, 0) is 18.8 Å². The molecule has 0 aromatic carbocycles. The number of hydrogen-bond acceptors (Lipinski definition) is 7. The lowest BCUT2D eigenvalue weighted by molar-refractivity contribution is -0.144. The topological polar surface area (TPSA) is 231 Å². The smallest absolute Gasteiger partial charge is 0.326 e. The molecule has 0 fully saturated rings. The van der Waals surface area contributed by atoms with Crippen LogP contribution in [0, 0.1) is 5.92 Å². The molecule has 13 nitrogen and oxygen atoms in total. The lowest BCUT2D eigenvalue weighted by Crippen LogP contribution is -2.57. The van der Waals surface area contributed by atoms with Gasteiger partial charge in [-0.1, -0.05) is 20.3 Å². The Labute approximate surface area is 179 Å². The minimum absolute atomic E-state index is 0.176. The number of nitrogens with two attached hydrogens (primary N) is 2. The van der Waals surface area contributed by atoms with Crippen molar-refractivity contribution < 1.29 is 39.0 Å². The van der Waals surface area contributed by atoms with Crippen LogP contribution in [0.15, 0.2) is 0 Å². The monoisotopic (exact) mass is 445 g/mol. The third-order valence-corrected chi connectivity index (χ3v) is 4.57. The molecule has 0 bridgehead atoms. The van der Waals surface area contributed by atoms with Gasteiger partial charge in [0.05, 0.1) is 6.54 Å². The number of rotatable bonds is 15. The number of nitrogens with one attached hydrogen (secondary N) is 3. The first-order valence-electron chi connectivity index (χ1n) is 9.75. The number of amides is 4. The highest BCUT2D eigenvalue weighted by atomic mass is 16.4. The van der Waals surface area contributed by atoms with E-state index in [2.05, 4.69) is 16.0 Å². The summed E-state index contributed by atoms with van der Waals surface area (Å²) >= 11 is 0. The summed E-state index contributed by atoms with van der Waals surface area (Å²) in [6.45, 7) is 2.92. The van der Waals surface area contributed by atoms with E-state index in [1.165, 1.54) is 0 Å². The van der Waals surface area contributed by atoms with Crippen molar-refractivity contribution in [1.29, 1.82) is 0 Å². The lowest BCUT2D eigenvalue weighted by Gasteiger charge is -2.26. The molecule has 0 radical (unpaired) electrons. The summed E-state index contributed by atoms with van der Waals surface area (Å²) in [6.07, 6.45) is -0.786. The van der Waals surface area contributed by atoms with E-state index < -0.39 is 72.6 Å². The SMILES string of the molecule is CCC(C)C(NC(=O)C(CCC(=O)O)NC(=O)C(CCC(N)=O)NC(=O)CN)C(=O)O. The Balaban J connectivity index is 5.51. The standard InChI is InChI=1S/C18H31N5O8/c1-3-9(2)15(18(30)31)23-17(29)11(5-7-14(26)27)22-16(28)10(4-6-12(20)24)21-13(25)8-19/h9-11,15H,3-8,19H2,1-2H3,(H2,20,24)(H,21,25)(H,22,28)(H,23,29)(H,26,27)(H,30,31). The van der Waals surface area contributed by atoms with E-state index in [-0.39, 0.29) is 19.3 Å². The molecule has 0 heterocycles. The lowest BCUT2D eigenvalue weighted by atomic mass is 9.98. The molecule has 176 valence electrons. The maximum atomic E-state index is 12.6. The fourth-order valence-electron chi connectivity index (χ4n) is 2.55. The van der Waals surface area contributed by atoms with Crippen LogP contribution < -0.4 is 27.4 Å². The predicted octanol–water partition coefficient (Wildman–Crippen LogP) is -2.34. The van der Waals surface area contributed by atoms with Crippen LogP contribution in [0.2, 0.25) is 0 Å². The Morgan fingerprint density at radius 2 is 1.39 bits per heavy atom. The summed E-state index contributed by atoms with van der Waals surface area (Å²) in [5.41, 5.74) is 10.3. The predicted molar refractivity (Wildman–Crippen MR) is 107 cm³/mol. The summed E-state index contributed by atoms with van der Waals surface area (Å²) in [5.74, 6) is -6.11. The first kappa shape index (κ1) is 27.8. The molecule has 4 unspecified atom stereocenters. The fourth-order valence-corrected chi connectivity index (χ4v) is 2.55. The van der Waals surface area contributed by atoms with Crippen LogP contribution >= 0.6 is 0 Å². The van der Waals surface area contributed by atoms with Crippen LogP contribution in [0.4, 0.5) is 0 Å². The molecule has 9 N–H and O–H groups in total. The number of primary amides is 1. The highest BCUT2D eigenvalue weighted by molar-refractivity contribution is 5.94. The molecule has 0 saturated heterocycles. The van der Waals surface area contributed by atoms with Crippen molar-refractivity contribution in [3.05, 3.63) is 0 Å². The van der Waals surface area contributed by atoms with Gasteiger partial charge in [-0.25, -0.2) is 4.79 Å². The quantitative estimate of drug-likeness (QED) is 0.143. The van der Waals surface area contributed by atoms with Gasteiger partial charge in [-0.2, -0.15) is 0 Å². The van der Waals surface area contributed by atoms with Gasteiger partial charge in [-0.3, -0.25) is 24.0 Å². The summed E-state index contributed by atoms with van der Waals surface area (Å²) in [5, 5.41) is 25.2. The molecule has 0 aliphatic carbocycles. The van der Waals surface area contributed by atoms with Crippen LogP contribution in [0.3, 0.4) is 0 Å². The highest BCUT2D eigenvalue weighted by Crippen LogP contribution is 2.10. The molecule has 4 atom stereocenters. The molecule has 0 saturated carbocycles. The van der Waals surface area contributed by atoms with Crippen molar-refractivity contribution in [2.24, 2.45) is 17.4 Å². The molecule has 0 rings (SSSR count). The maximum absolute atomic E-state index is 12.6. The van der Waals surface area contributed by atoms with Crippen molar-refractivity contribution >= 4 is 35.6 Å². The van der Waals surface area contributed by atoms with E-state index in [1.807, 2.05) is 0 Å². The molecule has 0 aromatic heterocycles. The number of carbonyl (C=O) groups is 6. The zero-order valence-electron chi connectivity index (χ0n) is 17.6. The van der Waals surface area contributed by atoms with Gasteiger partial charge in [0, 0.05) is 12.8 Å². The summed E-state index contributed by atoms with van der Waals surface area (Å²) in [6, 6.07) is -3.89. The van der Waals surface area contributed by atoms with Gasteiger partial charge in [0.15, 0.2) is 0 Å². The second-order valence-corrected chi connectivity index (χ2v) is 7.03. The molecule has 31 heavy (non-hydrogen) atoms. The average molecular weight is 445 g/mol. The second-order valence-electron chi connectivity index (χ2n) is 7.03. The summed E-state index contributed by atoms with van der Waals surface area (Å²) in [7, 11) is 0. The Morgan fingerprint density at radius 1 is 0.871 bits per heavy atom. The van der Waals surface area contributed by atoms with Crippen LogP contribution in [0.25, 0.3) is 0 Å². The van der Waals surface area contributed by atoms with Gasteiger partial charge in [0.2, 0.25) is 23.6 Å². The minimum atomic E-state index is -1.39. The Morgan fingerprint density at radius 3 is 1.84 bits per heavy atom. The van der Waals surface area contributed by atoms with Crippen molar-refractivity contribution in [1.82, 2.24) is 16.0 Å². The zero-order chi connectivity index (χ0) is 24.1. The summed E-state index contributed by atoms with van der Waals surface area (Å²) in [4.78, 5) is 70.2. The number of carbonyl (C=O) groups excluding carboxylic acids is 4. The fraction of sp³-hybridized carbons (Fsp3) is 0.667. The number of carboxylic acid groups (broad SMARTS) is 2. The molecule has 4 amide bonds. The molecular formula is C18H31N5O8. The van der Waals surface area contributed by atoms with Crippen LogP contribution in [0.5, 0.6) is 0 Å². The Kier molecular flexibility index (Phi) is 12.5. The zero-order valence-corrected chi connectivity index (χ0v) is 17.6. The Hall–Kier alpha value is -3.22. The minimum Gasteiger partial charge on any atom is -0.481 e. The van der Waals surface area contributed by atoms with Crippen LogP contribution in [-0.2, 0) is 28.8 Å². The third kappa shape index (κ3) is 10.9. The van der Waals surface area contributed by atoms with E-state index in [1.54, 1.807) is 13.8 Å². The van der Waals surface area contributed by atoms with E-state index in [9.17, 15) is 33.9 Å². The van der Waals surface area contributed by atoms with Crippen molar-refractivity contribution in [3.63, 3.8) is 0 Å². The van der Waals surface area contributed by atoms with Crippen molar-refractivity contribution in [2.75, 3.05) is 6.54 Å². The number of carboxylic acids is 2. The van der Waals surface area contributed by atoms with Crippen molar-refractivity contribution in [2.45, 2.75) is 64.1 Å². The van der Waals surface area contributed by atoms with Gasteiger partial charge in [0.25, 0.3) is 0 Å². The van der Waals surface area contributed by atoms with E-state index in [0.29, 0.717) is 6.42 Å². The second kappa shape index (κ2) is 13.9. The van der Waals surface area contributed by atoms with Gasteiger partial charge >= 0.3 is 11.9 Å². The van der Waals surface area contributed by atoms with E-state index in [4.69, 9.17) is 16.6 Å². The average Bonchev–Trinajstić information content (AvgIpc) is 2.70. The third-order valence-electron chi connectivity index (χ3n) is 4.57. The largest absolute Gasteiger partial charge is 0.481 e. The van der Waals surface area contributed by atoms with E-state index in [0.717, 1.165) is 0 Å². The van der Waals surface area contributed by atoms with Gasteiger partial charge < -0.3 is 37.6 Å². The van der Waals surface area contributed by atoms with Crippen molar-refractivity contribution in [3.8, 4) is 0 Å². The first-order chi connectivity index (χ1) is 14.4. The maximum Gasteiger partial charge on any atom is 0.326 e. The summed E-state index contributed by atoms with van der Waals surface area (Å²) < 4.78 is 0. The van der Waals surface area contributed by atoms with E-state index >= 15 is 0 Å². The molecule has 0 aliphatic rings. The van der Waals surface area contributed by atoms with Crippen LogP contribution in [0.1, 0.15) is 46.0 Å². The molecular weight excluding hydrogens is 414 g/mol. The molecule has 13 heteroatoms. The molecule has 0 aromatic rings. The number of hydrogen-bond donors (Lipinski definition) is 7. The Bertz CT molecular complexity index is 684. The van der Waals surface area contributed by atoms with Crippen LogP contribution in [-0.4, -0.2) is 70.5 Å². The molecule has 0 spiro atoms. The van der Waals surface area contributed by atoms with Gasteiger partial charge in [0.1, 0.15) is 18.1 Å². The first-order valence-corrected chi connectivity index (χ1v) is 9.75. The normalized spacial score (nSPS) is 14.4. The number of aliphatic carboxylic acids is 2.